The molecule has 3 heterocycles. The molecule has 2 aliphatic heterocycles. The van der Waals surface area contributed by atoms with Gasteiger partial charge >= 0.3 is 0 Å². The molecule has 4 rings (SSSR count). The van der Waals surface area contributed by atoms with Crippen LogP contribution in [-0.2, 0) is 0 Å². The molecule has 0 amide bonds. The molecule has 2 fully saturated rings. The van der Waals surface area contributed by atoms with Crippen LogP contribution in [0.25, 0.3) is 10.9 Å². The zero-order valence-electron chi connectivity index (χ0n) is 12.9. The maximum Gasteiger partial charge on any atom is 0.0887 e. The molecule has 116 valence electrons. The highest BCUT2D eigenvalue weighted by Gasteiger charge is 2.36. The fourth-order valence-corrected chi connectivity index (χ4v) is 3.93. The number of para-hydroxylation sites is 1. The van der Waals surface area contributed by atoms with Crippen molar-refractivity contribution in [2.75, 3.05) is 31.1 Å². The molecule has 0 bridgehead atoms. The number of benzene rings is 1. The molecule has 2 aliphatic rings. The second-order valence-corrected chi connectivity index (χ2v) is 6.48. The van der Waals surface area contributed by atoms with Gasteiger partial charge in [-0.1, -0.05) is 24.6 Å². The van der Waals surface area contributed by atoms with Crippen LogP contribution in [0.15, 0.2) is 36.5 Å². The third-order valence-electron chi connectivity index (χ3n) is 5.09. The molecule has 1 aromatic carbocycles. The molecule has 1 N–H and O–H groups in total. The first-order valence-electron chi connectivity index (χ1n) is 8.34. The summed E-state index contributed by atoms with van der Waals surface area (Å²) in [5.41, 5.74) is 2.22. The van der Waals surface area contributed by atoms with E-state index in [1.807, 2.05) is 18.3 Å². The van der Waals surface area contributed by atoms with Gasteiger partial charge in [0.25, 0.3) is 0 Å². The van der Waals surface area contributed by atoms with Gasteiger partial charge in [0, 0.05) is 30.4 Å². The second-order valence-electron chi connectivity index (χ2n) is 6.48. The van der Waals surface area contributed by atoms with Crippen molar-refractivity contribution in [3.63, 3.8) is 0 Å². The molecule has 0 saturated carbocycles. The smallest absolute Gasteiger partial charge is 0.0887 e. The summed E-state index contributed by atoms with van der Waals surface area (Å²) in [7, 11) is 0. The molecule has 1 aromatic heterocycles. The van der Waals surface area contributed by atoms with Crippen LogP contribution < -0.4 is 4.90 Å². The third kappa shape index (κ3) is 2.46. The topological polar surface area (TPSA) is 39.6 Å². The number of fused-ring (bicyclic) bond motifs is 1. The van der Waals surface area contributed by atoms with Crippen LogP contribution in [0, 0.1) is 0 Å². The van der Waals surface area contributed by atoms with Crippen molar-refractivity contribution in [3.8, 4) is 0 Å². The Balaban J connectivity index is 1.60. The highest BCUT2D eigenvalue weighted by molar-refractivity contribution is 5.91. The van der Waals surface area contributed by atoms with Crippen molar-refractivity contribution >= 4 is 16.6 Å². The SMILES string of the molecule is O[C@H]1CN(c2ccnc3ccccc23)C[C@@H]1N1CCCCC1. The number of likely N-dealkylation sites (tertiary alicyclic amines) is 1. The number of nitrogens with zero attached hydrogens (tertiary/aromatic N) is 3. The van der Waals surface area contributed by atoms with E-state index in [4.69, 9.17) is 0 Å². The predicted molar refractivity (Wildman–Crippen MR) is 89.2 cm³/mol. The molecule has 22 heavy (non-hydrogen) atoms. The molecule has 2 atom stereocenters. The van der Waals surface area contributed by atoms with Gasteiger partial charge in [-0.05, 0) is 38.1 Å². The quantitative estimate of drug-likeness (QED) is 0.923. The number of β-amino-alcohol motifs (C(OH)–C–C–N with tert-alkyl or cyclic N) is 1. The Bertz CT molecular complexity index is 648. The van der Waals surface area contributed by atoms with Gasteiger partial charge in [-0.25, -0.2) is 0 Å². The number of piperidine rings is 1. The summed E-state index contributed by atoms with van der Waals surface area (Å²) >= 11 is 0. The van der Waals surface area contributed by atoms with Crippen molar-refractivity contribution in [1.29, 1.82) is 0 Å². The molecule has 0 radical (unpaired) electrons. The Morgan fingerprint density at radius 1 is 1.00 bits per heavy atom. The van der Waals surface area contributed by atoms with E-state index in [9.17, 15) is 5.11 Å². The minimum absolute atomic E-state index is 0.259. The lowest BCUT2D eigenvalue weighted by Gasteiger charge is -2.33. The zero-order chi connectivity index (χ0) is 14.9. The van der Waals surface area contributed by atoms with Crippen LogP contribution in [0.1, 0.15) is 19.3 Å². The highest BCUT2D eigenvalue weighted by Crippen LogP contribution is 2.30. The third-order valence-corrected chi connectivity index (χ3v) is 5.09. The fraction of sp³-hybridized carbons (Fsp3) is 0.500. The van der Waals surface area contributed by atoms with Crippen LogP contribution >= 0.6 is 0 Å². The molecule has 2 aromatic rings. The van der Waals surface area contributed by atoms with E-state index in [-0.39, 0.29) is 12.1 Å². The van der Waals surface area contributed by atoms with Gasteiger partial charge in [-0.15, -0.1) is 0 Å². The number of pyridine rings is 1. The van der Waals surface area contributed by atoms with E-state index in [0.29, 0.717) is 0 Å². The Morgan fingerprint density at radius 2 is 1.82 bits per heavy atom. The van der Waals surface area contributed by atoms with Gasteiger partial charge in [-0.3, -0.25) is 9.88 Å². The van der Waals surface area contributed by atoms with Crippen molar-refractivity contribution in [2.45, 2.75) is 31.4 Å². The minimum Gasteiger partial charge on any atom is -0.390 e. The first-order valence-corrected chi connectivity index (χ1v) is 8.34. The Labute approximate surface area is 131 Å². The number of rotatable bonds is 2. The Morgan fingerprint density at radius 3 is 2.68 bits per heavy atom. The van der Waals surface area contributed by atoms with E-state index in [2.05, 4.69) is 33.0 Å². The lowest BCUT2D eigenvalue weighted by Crippen LogP contribution is -2.45. The second kappa shape index (κ2) is 5.86. The van der Waals surface area contributed by atoms with Crippen LogP contribution in [-0.4, -0.2) is 53.3 Å². The fourth-order valence-electron chi connectivity index (χ4n) is 3.93. The number of aromatic nitrogens is 1. The summed E-state index contributed by atoms with van der Waals surface area (Å²) in [6.07, 6.45) is 5.48. The Hall–Kier alpha value is -1.65. The number of hydrogen-bond acceptors (Lipinski definition) is 4. The van der Waals surface area contributed by atoms with E-state index < -0.39 is 0 Å². The normalized spacial score (nSPS) is 26.7. The van der Waals surface area contributed by atoms with Gasteiger partial charge in [0.15, 0.2) is 0 Å². The average molecular weight is 297 g/mol. The lowest BCUT2D eigenvalue weighted by molar-refractivity contribution is 0.0706. The van der Waals surface area contributed by atoms with Crippen LogP contribution in [0.2, 0.25) is 0 Å². The maximum absolute atomic E-state index is 10.5. The van der Waals surface area contributed by atoms with E-state index in [1.165, 1.54) is 30.3 Å². The number of aliphatic hydroxyl groups is 1. The largest absolute Gasteiger partial charge is 0.390 e. The molecule has 0 unspecified atom stereocenters. The minimum atomic E-state index is -0.259. The first-order chi connectivity index (χ1) is 10.8. The average Bonchev–Trinajstić information content (AvgIpc) is 2.97. The summed E-state index contributed by atoms with van der Waals surface area (Å²) in [5, 5.41) is 11.7. The molecular weight excluding hydrogens is 274 g/mol. The predicted octanol–water partition coefficient (Wildman–Crippen LogP) is 2.27. The monoisotopic (exact) mass is 297 g/mol. The van der Waals surface area contributed by atoms with Gasteiger partial charge < -0.3 is 10.0 Å². The molecule has 4 heteroatoms. The van der Waals surface area contributed by atoms with Crippen LogP contribution in [0.5, 0.6) is 0 Å². The van der Waals surface area contributed by atoms with Crippen molar-refractivity contribution < 1.29 is 5.11 Å². The summed E-state index contributed by atoms with van der Waals surface area (Å²) in [6, 6.07) is 10.6. The zero-order valence-corrected chi connectivity index (χ0v) is 12.9. The number of hydrogen-bond donors (Lipinski definition) is 1. The molecule has 0 aliphatic carbocycles. The molecular formula is C18H23N3O. The summed E-state index contributed by atoms with van der Waals surface area (Å²) in [6.45, 7) is 3.89. The summed E-state index contributed by atoms with van der Waals surface area (Å²) in [4.78, 5) is 9.25. The number of aliphatic hydroxyl groups excluding tert-OH is 1. The lowest BCUT2D eigenvalue weighted by atomic mass is 10.1. The first kappa shape index (κ1) is 14.0. The van der Waals surface area contributed by atoms with Crippen LogP contribution in [0.4, 0.5) is 5.69 Å². The summed E-state index contributed by atoms with van der Waals surface area (Å²) < 4.78 is 0. The van der Waals surface area contributed by atoms with E-state index >= 15 is 0 Å². The van der Waals surface area contributed by atoms with Gasteiger partial charge in [-0.2, -0.15) is 0 Å². The van der Waals surface area contributed by atoms with Crippen molar-refractivity contribution in [3.05, 3.63) is 36.5 Å². The number of anilines is 1. The Kier molecular flexibility index (Phi) is 3.72. The highest BCUT2D eigenvalue weighted by atomic mass is 16.3. The van der Waals surface area contributed by atoms with Gasteiger partial charge in [0.1, 0.15) is 0 Å². The molecule has 2 saturated heterocycles. The standard InChI is InChI=1S/C18H23N3O/c22-18-13-21(12-17(18)20-10-4-1-5-11-20)16-8-9-19-15-7-3-2-6-14(15)16/h2-3,6-9,17-18,22H,1,4-5,10-13H2/t17-,18-/m0/s1. The van der Waals surface area contributed by atoms with E-state index in [1.54, 1.807) is 0 Å². The van der Waals surface area contributed by atoms with Gasteiger partial charge in [0.05, 0.1) is 17.7 Å². The van der Waals surface area contributed by atoms with E-state index in [0.717, 1.165) is 31.7 Å². The van der Waals surface area contributed by atoms with Crippen molar-refractivity contribution in [2.24, 2.45) is 0 Å². The van der Waals surface area contributed by atoms with Crippen LogP contribution in [0.3, 0.4) is 0 Å². The van der Waals surface area contributed by atoms with Gasteiger partial charge in [0.2, 0.25) is 0 Å². The molecule has 0 spiro atoms. The molecule has 4 nitrogen and oxygen atoms in total. The summed E-state index contributed by atoms with van der Waals surface area (Å²) in [5.74, 6) is 0. The maximum atomic E-state index is 10.5. The van der Waals surface area contributed by atoms with Crippen molar-refractivity contribution in [1.82, 2.24) is 9.88 Å².